The van der Waals surface area contributed by atoms with Gasteiger partial charge in [-0.25, -0.2) is 0 Å². The zero-order valence-corrected chi connectivity index (χ0v) is 6.54. The van der Waals surface area contributed by atoms with Crippen LogP contribution in [0.2, 0.25) is 0 Å². The summed E-state index contributed by atoms with van der Waals surface area (Å²) in [5.41, 5.74) is -1.14. The Hall–Kier alpha value is -1.09. The lowest BCUT2D eigenvalue weighted by atomic mass is 9.90. The summed E-state index contributed by atoms with van der Waals surface area (Å²) >= 11 is 0. The van der Waals surface area contributed by atoms with Crippen LogP contribution in [0.15, 0.2) is 25.3 Å². The maximum Gasteiger partial charge on any atom is 0.321 e. The second-order valence-corrected chi connectivity index (χ2v) is 2.10. The summed E-state index contributed by atoms with van der Waals surface area (Å²) in [6, 6.07) is 0. The molecule has 62 valence electrons. The van der Waals surface area contributed by atoms with Crippen LogP contribution >= 0.6 is 0 Å². The lowest BCUT2D eigenvalue weighted by Crippen LogP contribution is -2.31. The molecule has 0 aromatic carbocycles. The lowest BCUT2D eigenvalue weighted by Gasteiger charge is -2.19. The first-order valence-electron chi connectivity index (χ1n) is 3.13. The van der Waals surface area contributed by atoms with E-state index in [0.717, 1.165) is 0 Å². The molecule has 0 aromatic rings. The fourth-order valence-electron chi connectivity index (χ4n) is 0.634. The fourth-order valence-corrected chi connectivity index (χ4v) is 0.634. The average molecular weight is 156 g/mol. The molecular weight excluding hydrogens is 144 g/mol. The number of carbonyl (C=O) groups excluding carboxylic acids is 1. The fraction of sp³-hybridized carbons (Fsp3) is 0.375. The summed E-state index contributed by atoms with van der Waals surface area (Å²) in [6.07, 6.45) is 2.62. The normalized spacial score (nSPS) is 10.4. The van der Waals surface area contributed by atoms with Crippen molar-refractivity contribution < 1.29 is 14.6 Å². The number of hydrogen-bond acceptors (Lipinski definition) is 3. The van der Waals surface area contributed by atoms with E-state index in [1.807, 2.05) is 0 Å². The lowest BCUT2D eigenvalue weighted by molar-refractivity contribution is -0.148. The molecule has 11 heavy (non-hydrogen) atoms. The van der Waals surface area contributed by atoms with Crippen molar-refractivity contribution in [2.75, 3.05) is 13.7 Å². The van der Waals surface area contributed by atoms with E-state index in [0.29, 0.717) is 0 Å². The third-order valence-electron chi connectivity index (χ3n) is 1.56. The van der Waals surface area contributed by atoms with Gasteiger partial charge in [-0.1, -0.05) is 12.2 Å². The predicted molar refractivity (Wildman–Crippen MR) is 41.9 cm³/mol. The van der Waals surface area contributed by atoms with E-state index in [-0.39, 0.29) is 6.61 Å². The van der Waals surface area contributed by atoms with Gasteiger partial charge in [0.05, 0.1) is 13.7 Å². The third-order valence-corrected chi connectivity index (χ3v) is 1.56. The molecule has 0 spiro atoms. The van der Waals surface area contributed by atoms with Crippen molar-refractivity contribution in [1.29, 1.82) is 0 Å². The summed E-state index contributed by atoms with van der Waals surface area (Å²) in [4.78, 5) is 11.0. The van der Waals surface area contributed by atoms with Gasteiger partial charge in [0.2, 0.25) is 0 Å². The molecule has 0 saturated heterocycles. The van der Waals surface area contributed by atoms with E-state index in [9.17, 15) is 4.79 Å². The number of rotatable bonds is 4. The van der Waals surface area contributed by atoms with Crippen molar-refractivity contribution in [3.8, 4) is 0 Å². The molecule has 0 rings (SSSR count). The Morgan fingerprint density at radius 1 is 1.64 bits per heavy atom. The number of methoxy groups -OCH3 is 1. The summed E-state index contributed by atoms with van der Waals surface area (Å²) in [6.45, 7) is 6.46. The van der Waals surface area contributed by atoms with Gasteiger partial charge in [0.1, 0.15) is 5.41 Å². The van der Waals surface area contributed by atoms with Crippen LogP contribution < -0.4 is 0 Å². The topological polar surface area (TPSA) is 46.5 Å². The first-order valence-corrected chi connectivity index (χ1v) is 3.13. The van der Waals surface area contributed by atoms with Crippen molar-refractivity contribution in [1.82, 2.24) is 0 Å². The smallest absolute Gasteiger partial charge is 0.321 e. The number of aliphatic hydroxyl groups is 1. The molecule has 0 aromatic heterocycles. The van der Waals surface area contributed by atoms with Crippen LogP contribution in [0.4, 0.5) is 0 Å². The Labute approximate surface area is 66.0 Å². The number of carbonyl (C=O) groups is 1. The van der Waals surface area contributed by atoms with Crippen molar-refractivity contribution in [3.63, 3.8) is 0 Å². The highest BCUT2D eigenvalue weighted by Gasteiger charge is 2.32. The van der Waals surface area contributed by atoms with Gasteiger partial charge in [-0.05, 0) is 0 Å². The van der Waals surface area contributed by atoms with Gasteiger partial charge in [0, 0.05) is 0 Å². The highest BCUT2D eigenvalue weighted by molar-refractivity contribution is 5.81. The van der Waals surface area contributed by atoms with E-state index < -0.39 is 11.4 Å². The quantitative estimate of drug-likeness (QED) is 0.476. The molecular formula is C8H12O3. The Morgan fingerprint density at radius 2 is 2.09 bits per heavy atom. The van der Waals surface area contributed by atoms with Gasteiger partial charge < -0.3 is 9.84 Å². The van der Waals surface area contributed by atoms with Gasteiger partial charge in [0.15, 0.2) is 0 Å². The van der Waals surface area contributed by atoms with E-state index in [1.54, 1.807) is 0 Å². The van der Waals surface area contributed by atoms with E-state index >= 15 is 0 Å². The van der Waals surface area contributed by atoms with Crippen molar-refractivity contribution in [2.45, 2.75) is 0 Å². The first kappa shape index (κ1) is 9.91. The molecule has 0 saturated carbocycles. The summed E-state index contributed by atoms with van der Waals surface area (Å²) in [5.74, 6) is -0.551. The molecule has 3 heteroatoms. The highest BCUT2D eigenvalue weighted by atomic mass is 16.5. The predicted octanol–water partition coefficient (Wildman–Crippen LogP) is 0.510. The molecule has 0 aliphatic heterocycles. The van der Waals surface area contributed by atoms with E-state index in [1.165, 1.54) is 19.3 Å². The van der Waals surface area contributed by atoms with Crippen LogP contribution in [0, 0.1) is 5.41 Å². The summed E-state index contributed by atoms with van der Waals surface area (Å²) in [7, 11) is 1.25. The third kappa shape index (κ3) is 1.68. The van der Waals surface area contributed by atoms with Gasteiger partial charge >= 0.3 is 5.97 Å². The molecule has 0 fully saturated rings. The van der Waals surface area contributed by atoms with Crippen molar-refractivity contribution in [3.05, 3.63) is 25.3 Å². The van der Waals surface area contributed by atoms with Crippen LogP contribution in [0.1, 0.15) is 0 Å². The molecule has 1 N–H and O–H groups in total. The van der Waals surface area contributed by atoms with Crippen LogP contribution in [-0.2, 0) is 9.53 Å². The summed E-state index contributed by atoms with van der Waals surface area (Å²) < 4.78 is 4.45. The van der Waals surface area contributed by atoms with Crippen LogP contribution in [0.3, 0.4) is 0 Å². The van der Waals surface area contributed by atoms with Crippen LogP contribution in [0.25, 0.3) is 0 Å². The molecule has 0 unspecified atom stereocenters. The molecule has 3 nitrogen and oxygen atoms in total. The Morgan fingerprint density at radius 3 is 2.18 bits per heavy atom. The first-order chi connectivity index (χ1) is 5.16. The minimum absolute atomic E-state index is 0.368. The Kier molecular flexibility index (Phi) is 3.54. The van der Waals surface area contributed by atoms with Gasteiger partial charge in [-0.15, -0.1) is 13.2 Å². The molecule has 0 aliphatic carbocycles. The monoisotopic (exact) mass is 156 g/mol. The van der Waals surface area contributed by atoms with Crippen molar-refractivity contribution in [2.24, 2.45) is 5.41 Å². The Bertz CT molecular complexity index is 164. The molecule has 0 atom stereocenters. The zero-order valence-electron chi connectivity index (χ0n) is 6.54. The molecule has 0 heterocycles. The van der Waals surface area contributed by atoms with E-state index in [2.05, 4.69) is 17.9 Å². The molecule has 0 radical (unpaired) electrons. The summed E-state index contributed by atoms with van der Waals surface area (Å²) in [5, 5.41) is 8.83. The largest absolute Gasteiger partial charge is 0.468 e. The van der Waals surface area contributed by atoms with Crippen LogP contribution in [-0.4, -0.2) is 24.8 Å². The average Bonchev–Trinajstić information content (AvgIpc) is 2.08. The SMILES string of the molecule is C=CC(C=C)(CO)C(=O)OC. The second-order valence-electron chi connectivity index (χ2n) is 2.10. The number of hydrogen-bond donors (Lipinski definition) is 1. The van der Waals surface area contributed by atoms with E-state index in [4.69, 9.17) is 5.11 Å². The Balaban J connectivity index is 4.67. The second kappa shape index (κ2) is 3.93. The highest BCUT2D eigenvalue weighted by Crippen LogP contribution is 2.20. The van der Waals surface area contributed by atoms with Gasteiger partial charge in [-0.2, -0.15) is 0 Å². The molecule has 0 aliphatic rings. The standard InChI is InChI=1S/C8H12O3/c1-4-8(5-2,6-9)7(10)11-3/h4-5,9H,1-2,6H2,3H3. The van der Waals surface area contributed by atoms with Gasteiger partial charge in [0.25, 0.3) is 0 Å². The van der Waals surface area contributed by atoms with Crippen LogP contribution in [0.5, 0.6) is 0 Å². The maximum atomic E-state index is 11.0. The minimum Gasteiger partial charge on any atom is -0.468 e. The number of aliphatic hydroxyl groups excluding tert-OH is 1. The van der Waals surface area contributed by atoms with Crippen molar-refractivity contribution >= 4 is 5.97 Å². The molecule has 0 bridgehead atoms. The zero-order chi connectivity index (χ0) is 8.91. The van der Waals surface area contributed by atoms with Gasteiger partial charge in [-0.3, -0.25) is 4.79 Å². The number of esters is 1. The maximum absolute atomic E-state index is 11.0. The minimum atomic E-state index is -1.14. The molecule has 0 amide bonds. The number of ether oxygens (including phenoxy) is 1.